The van der Waals surface area contributed by atoms with E-state index >= 15 is 0 Å². The lowest BCUT2D eigenvalue weighted by Gasteiger charge is -2.13. The molecule has 0 aliphatic heterocycles. The minimum atomic E-state index is -4.53. The average Bonchev–Trinajstić information content (AvgIpc) is 3.41. The topological polar surface area (TPSA) is 70.1 Å². The Balaban J connectivity index is 1.84. The zero-order valence-electron chi connectivity index (χ0n) is 13.8. The number of rotatable bonds is 7. The molecule has 26 heavy (non-hydrogen) atoms. The molecule has 1 aliphatic rings. The molecule has 0 radical (unpaired) electrons. The van der Waals surface area contributed by atoms with Gasteiger partial charge in [0, 0.05) is 30.8 Å². The zero-order chi connectivity index (χ0) is 18.7. The van der Waals surface area contributed by atoms with Gasteiger partial charge >= 0.3 is 6.18 Å². The van der Waals surface area contributed by atoms with Gasteiger partial charge in [-0.3, -0.25) is 0 Å². The van der Waals surface area contributed by atoms with Crippen LogP contribution in [0.1, 0.15) is 36.4 Å². The third-order valence-corrected chi connectivity index (χ3v) is 4.23. The normalized spacial score (nSPS) is 14.3. The molecule has 0 spiro atoms. The summed E-state index contributed by atoms with van der Waals surface area (Å²) < 4.78 is 39.0. The summed E-state index contributed by atoms with van der Waals surface area (Å²) in [5.74, 6) is 1.15. The molecule has 9 heteroatoms. The molecule has 0 unspecified atom stereocenters. The first-order valence-electron chi connectivity index (χ1n) is 8.24. The van der Waals surface area contributed by atoms with Crippen molar-refractivity contribution in [3.8, 4) is 0 Å². The molecular weight excluding hydrogens is 369 g/mol. The summed E-state index contributed by atoms with van der Waals surface area (Å²) in [7, 11) is 0. The van der Waals surface area contributed by atoms with E-state index in [1.807, 2.05) is 0 Å². The predicted molar refractivity (Wildman–Crippen MR) is 93.9 cm³/mol. The third-order valence-electron chi connectivity index (χ3n) is 3.90. The fourth-order valence-electron chi connectivity index (χ4n) is 2.44. The minimum Gasteiger partial charge on any atom is -0.396 e. The molecule has 3 rings (SSSR count). The lowest BCUT2D eigenvalue weighted by molar-refractivity contribution is -0.137. The Labute approximate surface area is 153 Å². The van der Waals surface area contributed by atoms with Gasteiger partial charge in [0.05, 0.1) is 16.3 Å². The van der Waals surface area contributed by atoms with Crippen LogP contribution in [0, 0.1) is 0 Å². The van der Waals surface area contributed by atoms with Crippen molar-refractivity contribution in [3.05, 3.63) is 40.5 Å². The summed E-state index contributed by atoms with van der Waals surface area (Å²) in [5.41, 5.74) is 0.185. The quantitative estimate of drug-likeness (QED) is 0.608. The molecule has 0 amide bonds. The zero-order valence-corrected chi connectivity index (χ0v) is 14.5. The van der Waals surface area contributed by atoms with Gasteiger partial charge in [-0.25, -0.2) is 4.98 Å². The average molecular weight is 387 g/mol. The second kappa shape index (κ2) is 7.67. The van der Waals surface area contributed by atoms with Crippen molar-refractivity contribution in [2.75, 3.05) is 23.8 Å². The Morgan fingerprint density at radius 3 is 2.62 bits per heavy atom. The van der Waals surface area contributed by atoms with Gasteiger partial charge in [0.2, 0.25) is 5.95 Å². The van der Waals surface area contributed by atoms with E-state index in [9.17, 15) is 13.2 Å². The van der Waals surface area contributed by atoms with Crippen molar-refractivity contribution in [3.63, 3.8) is 0 Å². The number of aliphatic hydroxyl groups is 1. The van der Waals surface area contributed by atoms with Gasteiger partial charge in [0.15, 0.2) is 0 Å². The number of benzene rings is 1. The first-order chi connectivity index (χ1) is 12.4. The number of hydrogen-bond acceptors (Lipinski definition) is 5. The summed E-state index contributed by atoms with van der Waals surface area (Å²) in [6.45, 7) is 0.550. The van der Waals surface area contributed by atoms with Crippen LogP contribution in [0.5, 0.6) is 0 Å². The number of aliphatic hydroxyl groups excluding tert-OH is 1. The fraction of sp³-hybridized carbons (Fsp3) is 0.412. The number of halogens is 4. The van der Waals surface area contributed by atoms with Gasteiger partial charge in [0.25, 0.3) is 0 Å². The smallest absolute Gasteiger partial charge is 0.396 e. The van der Waals surface area contributed by atoms with Crippen LogP contribution in [-0.2, 0) is 6.18 Å². The van der Waals surface area contributed by atoms with E-state index < -0.39 is 11.7 Å². The highest BCUT2D eigenvalue weighted by Crippen LogP contribution is 2.40. The molecule has 0 atom stereocenters. The summed E-state index contributed by atoms with van der Waals surface area (Å²) in [4.78, 5) is 8.73. The molecule has 2 aromatic rings. The summed E-state index contributed by atoms with van der Waals surface area (Å²) in [6, 6.07) is 5.38. The fourth-order valence-corrected chi connectivity index (χ4v) is 2.67. The molecule has 1 aliphatic carbocycles. The Kier molecular flexibility index (Phi) is 5.52. The molecule has 0 bridgehead atoms. The molecule has 3 N–H and O–H groups in total. The molecule has 1 aromatic carbocycles. The maximum atomic E-state index is 13.0. The van der Waals surface area contributed by atoms with E-state index in [0.717, 1.165) is 24.6 Å². The molecule has 0 saturated heterocycles. The van der Waals surface area contributed by atoms with Crippen molar-refractivity contribution in [1.82, 2.24) is 9.97 Å². The van der Waals surface area contributed by atoms with Crippen molar-refractivity contribution in [2.45, 2.75) is 31.4 Å². The Bertz CT molecular complexity index is 781. The van der Waals surface area contributed by atoms with Crippen LogP contribution in [0.15, 0.2) is 24.3 Å². The van der Waals surface area contributed by atoms with Crippen molar-refractivity contribution in [2.24, 2.45) is 0 Å². The maximum Gasteiger partial charge on any atom is 0.417 e. The third kappa shape index (κ3) is 4.76. The second-order valence-corrected chi connectivity index (χ2v) is 6.50. The lowest BCUT2D eigenvalue weighted by Crippen LogP contribution is -2.10. The Morgan fingerprint density at radius 1 is 1.19 bits per heavy atom. The van der Waals surface area contributed by atoms with Gasteiger partial charge in [0.1, 0.15) is 5.82 Å². The van der Waals surface area contributed by atoms with E-state index in [1.54, 1.807) is 6.07 Å². The standard InChI is InChI=1S/C17H18ClF3N4O/c18-13-5-4-11(8-12(13)17(19,20)21)23-15-9-14(10-2-3-10)24-16(25-15)22-6-1-7-26/h4-5,8-10,26H,1-3,6-7H2,(H2,22,23,24,25). The summed E-state index contributed by atoms with van der Waals surface area (Å²) >= 11 is 5.65. The van der Waals surface area contributed by atoms with Gasteiger partial charge in [-0.1, -0.05) is 11.6 Å². The van der Waals surface area contributed by atoms with Crippen LogP contribution in [0.3, 0.4) is 0 Å². The number of hydrogen-bond donors (Lipinski definition) is 3. The predicted octanol–water partition coefficient (Wildman–Crippen LogP) is 4.56. The highest BCUT2D eigenvalue weighted by atomic mass is 35.5. The van der Waals surface area contributed by atoms with Crippen LogP contribution in [0.4, 0.5) is 30.6 Å². The van der Waals surface area contributed by atoms with Gasteiger partial charge < -0.3 is 15.7 Å². The molecule has 140 valence electrons. The molecule has 5 nitrogen and oxygen atoms in total. The van der Waals surface area contributed by atoms with E-state index in [4.69, 9.17) is 16.7 Å². The number of alkyl halides is 3. The highest BCUT2D eigenvalue weighted by molar-refractivity contribution is 6.31. The van der Waals surface area contributed by atoms with Gasteiger partial charge in [-0.15, -0.1) is 0 Å². The molecule has 1 aromatic heterocycles. The first-order valence-corrected chi connectivity index (χ1v) is 8.62. The molecular formula is C17H18ClF3N4O. The Morgan fingerprint density at radius 2 is 1.96 bits per heavy atom. The minimum absolute atomic E-state index is 0.0470. The number of nitrogens with one attached hydrogen (secondary N) is 2. The van der Waals surface area contributed by atoms with Gasteiger partial charge in [-0.2, -0.15) is 18.2 Å². The summed E-state index contributed by atoms with van der Waals surface area (Å²) in [5, 5.41) is 14.4. The number of aromatic nitrogens is 2. The SMILES string of the molecule is OCCCNc1nc(Nc2ccc(Cl)c(C(F)(F)F)c2)cc(C2CC2)n1. The van der Waals surface area contributed by atoms with Crippen molar-refractivity contribution < 1.29 is 18.3 Å². The van der Waals surface area contributed by atoms with E-state index in [1.165, 1.54) is 12.1 Å². The van der Waals surface area contributed by atoms with Crippen LogP contribution in [-0.4, -0.2) is 28.2 Å². The maximum absolute atomic E-state index is 13.0. The molecule has 1 heterocycles. The monoisotopic (exact) mass is 386 g/mol. The number of anilines is 3. The second-order valence-electron chi connectivity index (χ2n) is 6.10. The van der Waals surface area contributed by atoms with E-state index in [-0.39, 0.29) is 17.3 Å². The van der Waals surface area contributed by atoms with Crippen molar-refractivity contribution >= 4 is 29.1 Å². The van der Waals surface area contributed by atoms with Crippen LogP contribution >= 0.6 is 11.6 Å². The lowest BCUT2D eigenvalue weighted by atomic mass is 10.2. The van der Waals surface area contributed by atoms with E-state index in [0.29, 0.717) is 30.6 Å². The summed E-state index contributed by atoms with van der Waals surface area (Å²) in [6.07, 6.45) is -1.92. The first kappa shape index (κ1) is 18.7. The van der Waals surface area contributed by atoms with Crippen LogP contribution in [0.25, 0.3) is 0 Å². The van der Waals surface area contributed by atoms with E-state index in [2.05, 4.69) is 20.6 Å². The number of nitrogens with zero attached hydrogens (tertiary/aromatic N) is 2. The Hall–Kier alpha value is -2.06. The molecule has 1 fully saturated rings. The van der Waals surface area contributed by atoms with Crippen LogP contribution < -0.4 is 10.6 Å². The van der Waals surface area contributed by atoms with Crippen molar-refractivity contribution in [1.29, 1.82) is 0 Å². The molecule has 1 saturated carbocycles. The van der Waals surface area contributed by atoms with Gasteiger partial charge in [-0.05, 0) is 37.5 Å². The highest BCUT2D eigenvalue weighted by Gasteiger charge is 2.33. The largest absolute Gasteiger partial charge is 0.417 e. The van der Waals surface area contributed by atoms with Crippen LogP contribution in [0.2, 0.25) is 5.02 Å².